The van der Waals surface area contributed by atoms with Crippen LogP contribution < -0.4 is 0 Å². The highest BCUT2D eigenvalue weighted by atomic mass is 17.2. The molecule has 0 aromatic rings. The molecular weight excluding hydrogens is 172 g/mol. The van der Waals surface area contributed by atoms with Gasteiger partial charge in [0.2, 0.25) is 0 Å². The van der Waals surface area contributed by atoms with Crippen molar-refractivity contribution in [2.24, 2.45) is 0 Å². The molecule has 13 heavy (non-hydrogen) atoms. The monoisotopic (exact) mass is 190 g/mol. The van der Waals surface area contributed by atoms with Crippen molar-refractivity contribution >= 4 is 5.97 Å². The third kappa shape index (κ3) is 7.74. The minimum absolute atomic E-state index is 0.0212. The first kappa shape index (κ1) is 12.4. The number of hydrogen-bond donors (Lipinski definition) is 1. The van der Waals surface area contributed by atoms with Crippen LogP contribution in [0.5, 0.6) is 0 Å². The normalized spacial score (nSPS) is 14.2. The zero-order valence-electron chi connectivity index (χ0n) is 8.66. The summed E-state index contributed by atoms with van der Waals surface area (Å²) < 4.78 is 0. The number of aliphatic carboxylic acids is 1. The Balaban J connectivity index is 3.79. The Kier molecular flexibility index (Phi) is 4.95. The predicted molar refractivity (Wildman–Crippen MR) is 48.3 cm³/mol. The molecule has 1 N–H and O–H groups in total. The fourth-order valence-electron chi connectivity index (χ4n) is 0.654. The lowest BCUT2D eigenvalue weighted by atomic mass is 10.2. The first-order chi connectivity index (χ1) is 5.85. The van der Waals surface area contributed by atoms with Crippen LogP contribution in [0.25, 0.3) is 0 Å². The van der Waals surface area contributed by atoms with E-state index in [2.05, 4.69) is 0 Å². The van der Waals surface area contributed by atoms with Gasteiger partial charge in [0, 0.05) is 0 Å². The maximum absolute atomic E-state index is 10.4. The fraction of sp³-hybridized carbons (Fsp3) is 0.889. The van der Waals surface area contributed by atoms with Crippen LogP contribution in [0, 0.1) is 0 Å². The van der Waals surface area contributed by atoms with Gasteiger partial charge >= 0.3 is 5.97 Å². The molecule has 1 atom stereocenters. The summed E-state index contributed by atoms with van der Waals surface area (Å²) in [6, 6.07) is 0. The van der Waals surface area contributed by atoms with E-state index in [0.717, 1.165) is 0 Å². The molecule has 4 nitrogen and oxygen atoms in total. The Bertz CT molecular complexity index is 159. The molecule has 4 heteroatoms. The molecule has 0 aliphatic heterocycles. The van der Waals surface area contributed by atoms with Crippen LogP contribution in [0.2, 0.25) is 0 Å². The van der Waals surface area contributed by atoms with E-state index in [1.165, 1.54) is 0 Å². The van der Waals surface area contributed by atoms with Gasteiger partial charge in [-0.1, -0.05) is 6.92 Å². The summed E-state index contributed by atoms with van der Waals surface area (Å²) in [6.45, 7) is 7.40. The Morgan fingerprint density at radius 3 is 2.31 bits per heavy atom. The highest BCUT2D eigenvalue weighted by Gasteiger charge is 2.17. The van der Waals surface area contributed by atoms with Crippen LogP contribution in [0.1, 0.15) is 40.5 Å². The van der Waals surface area contributed by atoms with E-state index in [1.807, 2.05) is 27.7 Å². The van der Waals surface area contributed by atoms with Crippen LogP contribution in [0.15, 0.2) is 0 Å². The van der Waals surface area contributed by atoms with Gasteiger partial charge in [-0.2, -0.15) is 0 Å². The molecule has 0 heterocycles. The second-order valence-electron chi connectivity index (χ2n) is 3.92. The van der Waals surface area contributed by atoms with Crippen molar-refractivity contribution < 1.29 is 19.7 Å². The lowest BCUT2D eigenvalue weighted by molar-refractivity contribution is -0.373. The third-order valence-electron chi connectivity index (χ3n) is 1.29. The molecular formula is C9H18O4. The van der Waals surface area contributed by atoms with E-state index in [1.54, 1.807) is 0 Å². The van der Waals surface area contributed by atoms with Crippen molar-refractivity contribution in [3.8, 4) is 0 Å². The minimum Gasteiger partial charge on any atom is -0.481 e. The molecule has 0 aromatic carbocycles. The molecule has 0 aromatic heterocycles. The van der Waals surface area contributed by atoms with Gasteiger partial charge in [0.05, 0.1) is 12.0 Å². The van der Waals surface area contributed by atoms with Crippen LogP contribution in [-0.4, -0.2) is 22.8 Å². The van der Waals surface area contributed by atoms with Crippen molar-refractivity contribution in [2.75, 3.05) is 0 Å². The van der Waals surface area contributed by atoms with Crippen LogP contribution in [0.3, 0.4) is 0 Å². The Hall–Kier alpha value is -0.610. The van der Waals surface area contributed by atoms with Crippen molar-refractivity contribution in [1.29, 1.82) is 0 Å². The van der Waals surface area contributed by atoms with Gasteiger partial charge in [0.25, 0.3) is 0 Å². The molecule has 0 unspecified atom stereocenters. The third-order valence-corrected chi connectivity index (χ3v) is 1.29. The van der Waals surface area contributed by atoms with Gasteiger partial charge in [-0.3, -0.25) is 4.79 Å². The van der Waals surface area contributed by atoms with Gasteiger partial charge in [0.1, 0.15) is 6.10 Å². The molecule has 0 saturated heterocycles. The first-order valence-corrected chi connectivity index (χ1v) is 4.41. The topological polar surface area (TPSA) is 55.8 Å². The molecule has 0 saturated carbocycles. The number of carbonyl (C=O) groups is 1. The maximum Gasteiger partial charge on any atom is 0.306 e. The van der Waals surface area contributed by atoms with Crippen LogP contribution in [-0.2, 0) is 14.6 Å². The van der Waals surface area contributed by atoms with Gasteiger partial charge in [-0.05, 0) is 27.2 Å². The van der Waals surface area contributed by atoms with Crippen LogP contribution in [0.4, 0.5) is 0 Å². The number of carboxylic acid groups (broad SMARTS) is 1. The van der Waals surface area contributed by atoms with Crippen LogP contribution >= 0.6 is 0 Å². The van der Waals surface area contributed by atoms with E-state index in [0.29, 0.717) is 6.42 Å². The predicted octanol–water partition coefficient (Wildman–Crippen LogP) is 1.99. The van der Waals surface area contributed by atoms with E-state index < -0.39 is 11.6 Å². The Morgan fingerprint density at radius 1 is 1.46 bits per heavy atom. The van der Waals surface area contributed by atoms with E-state index in [9.17, 15) is 4.79 Å². The first-order valence-electron chi connectivity index (χ1n) is 4.41. The smallest absolute Gasteiger partial charge is 0.306 e. The maximum atomic E-state index is 10.4. The molecule has 0 radical (unpaired) electrons. The molecule has 0 aliphatic rings. The average molecular weight is 190 g/mol. The Labute approximate surface area is 78.8 Å². The Morgan fingerprint density at radius 2 is 2.00 bits per heavy atom. The van der Waals surface area contributed by atoms with Gasteiger partial charge in [-0.15, -0.1) is 0 Å². The molecule has 0 fully saturated rings. The lowest BCUT2D eigenvalue weighted by Crippen LogP contribution is -2.25. The van der Waals surface area contributed by atoms with Crippen molar-refractivity contribution in [3.05, 3.63) is 0 Å². The molecule has 0 aliphatic carbocycles. The van der Waals surface area contributed by atoms with E-state index in [4.69, 9.17) is 14.9 Å². The van der Waals surface area contributed by atoms with Crippen molar-refractivity contribution in [1.82, 2.24) is 0 Å². The van der Waals surface area contributed by atoms with Crippen molar-refractivity contribution in [3.63, 3.8) is 0 Å². The summed E-state index contributed by atoms with van der Waals surface area (Å²) in [6.07, 6.45) is 0.242. The largest absolute Gasteiger partial charge is 0.481 e. The average Bonchev–Trinajstić information content (AvgIpc) is 1.95. The van der Waals surface area contributed by atoms with E-state index in [-0.39, 0.29) is 12.5 Å². The summed E-state index contributed by atoms with van der Waals surface area (Å²) in [5, 5.41) is 8.51. The number of rotatable bonds is 5. The van der Waals surface area contributed by atoms with Gasteiger partial charge in [-0.25, -0.2) is 9.78 Å². The number of carboxylic acids is 1. The zero-order valence-corrected chi connectivity index (χ0v) is 8.66. The highest BCUT2D eigenvalue weighted by Crippen LogP contribution is 2.12. The van der Waals surface area contributed by atoms with E-state index >= 15 is 0 Å². The molecule has 0 bridgehead atoms. The number of hydrogen-bond acceptors (Lipinski definition) is 3. The standard InChI is InChI=1S/C9H18O4/c1-5-7(6-8(10)11)12-13-9(2,3)4/h7H,5-6H2,1-4H3,(H,10,11)/t7-/m1/s1. The zero-order chi connectivity index (χ0) is 10.5. The second-order valence-corrected chi connectivity index (χ2v) is 3.92. The molecule has 78 valence electrons. The fourth-order valence-corrected chi connectivity index (χ4v) is 0.654. The minimum atomic E-state index is -0.871. The molecule has 0 spiro atoms. The quantitative estimate of drug-likeness (QED) is 0.532. The second kappa shape index (κ2) is 5.19. The lowest BCUT2D eigenvalue weighted by Gasteiger charge is -2.21. The van der Waals surface area contributed by atoms with Gasteiger partial charge in [0.15, 0.2) is 0 Å². The summed E-state index contributed by atoms with van der Waals surface area (Å²) in [7, 11) is 0. The SMILES string of the molecule is CC[C@H](CC(=O)O)OOC(C)(C)C. The summed E-state index contributed by atoms with van der Waals surface area (Å²) in [5.74, 6) is -0.871. The summed E-state index contributed by atoms with van der Waals surface area (Å²) in [4.78, 5) is 20.4. The van der Waals surface area contributed by atoms with Crippen molar-refractivity contribution in [2.45, 2.75) is 52.2 Å². The molecule has 0 rings (SSSR count). The molecule has 0 amide bonds. The highest BCUT2D eigenvalue weighted by molar-refractivity contribution is 5.67. The summed E-state index contributed by atoms with van der Waals surface area (Å²) >= 11 is 0. The van der Waals surface area contributed by atoms with Gasteiger partial charge < -0.3 is 5.11 Å². The summed E-state index contributed by atoms with van der Waals surface area (Å²) in [5.41, 5.74) is -0.397.